The maximum Gasteiger partial charge on any atom is 0.130 e. The molecule has 221 valence electrons. The second-order valence-corrected chi connectivity index (χ2v) is 10.3. The molecular weight excluding hydrogens is 743 g/mol. The minimum Gasteiger partial charge on any atom is -0.500 e. The van der Waals surface area contributed by atoms with Gasteiger partial charge in [0.2, 0.25) is 0 Å². The number of fused-ring (bicyclic) bond motifs is 3. The summed E-state index contributed by atoms with van der Waals surface area (Å²) in [5.41, 5.74) is 9.66. The second-order valence-electron chi connectivity index (χ2n) is 10.3. The van der Waals surface area contributed by atoms with Crippen molar-refractivity contribution in [2.75, 3.05) is 0 Å². The summed E-state index contributed by atoms with van der Waals surface area (Å²) in [5, 5.41) is 11.8. The topological polar surface area (TPSA) is 62.7 Å². The number of benzene rings is 5. The average molecular weight is 768 g/mol. The minimum atomic E-state index is 0. The molecule has 5 aromatic carbocycles. The van der Waals surface area contributed by atoms with Crippen LogP contribution in [-0.2, 0) is 20.1 Å². The third-order valence-corrected chi connectivity index (χ3v) is 7.57. The zero-order chi connectivity index (χ0) is 30.4. The minimum absolute atomic E-state index is 0. The van der Waals surface area contributed by atoms with Crippen LogP contribution in [0, 0.1) is 23.5 Å². The second kappa shape index (κ2) is 14.0. The summed E-state index contributed by atoms with van der Waals surface area (Å²) in [7, 11) is 0. The Morgan fingerprint density at radius 1 is 0.543 bits per heavy atom. The Bertz CT molecular complexity index is 2210. The Morgan fingerprint density at radius 3 is 1.87 bits per heavy atom. The van der Waals surface area contributed by atoms with Crippen LogP contribution < -0.4 is 0 Å². The van der Waals surface area contributed by atoms with Crippen LogP contribution in [0.5, 0.6) is 0 Å². The van der Waals surface area contributed by atoms with E-state index in [1.165, 1.54) is 0 Å². The van der Waals surface area contributed by atoms with Gasteiger partial charge in [-0.25, -0.2) is 0 Å². The standard InChI is InChI=1S/C30H17N2O.C11H8N.Ir/c31-19-23-16-17-25-24-9-6-10-26(27-11-4-5-18-32-27)29(24)33-30(25)28(23)22-14-12-21(13-15-22)20-7-2-1-3-8-20;1-2-6-10(7-3-1)11-8-4-5-9-12-11;/h1-9,11-18H;1-6,8-9H;/q2*-1;. The van der Waals surface area contributed by atoms with E-state index in [2.05, 4.69) is 64.6 Å². The van der Waals surface area contributed by atoms with E-state index in [0.29, 0.717) is 11.1 Å². The van der Waals surface area contributed by atoms with Crippen molar-refractivity contribution in [1.82, 2.24) is 9.97 Å². The van der Waals surface area contributed by atoms with Crippen LogP contribution in [0.25, 0.3) is 66.7 Å². The normalized spacial score (nSPS) is 10.4. The molecule has 8 aromatic rings. The van der Waals surface area contributed by atoms with E-state index < -0.39 is 0 Å². The van der Waals surface area contributed by atoms with E-state index in [1.54, 1.807) is 12.4 Å². The average Bonchev–Trinajstić information content (AvgIpc) is 3.52. The molecule has 46 heavy (non-hydrogen) atoms. The molecule has 5 heteroatoms. The molecule has 0 aliphatic heterocycles. The van der Waals surface area contributed by atoms with Gasteiger partial charge < -0.3 is 14.4 Å². The molecule has 0 fully saturated rings. The molecule has 0 N–H and O–H groups in total. The Morgan fingerprint density at radius 2 is 1.20 bits per heavy atom. The number of nitrogens with zero attached hydrogens (tertiary/aromatic N) is 3. The van der Waals surface area contributed by atoms with Gasteiger partial charge in [0.1, 0.15) is 5.58 Å². The fourth-order valence-corrected chi connectivity index (χ4v) is 5.42. The van der Waals surface area contributed by atoms with Gasteiger partial charge >= 0.3 is 0 Å². The van der Waals surface area contributed by atoms with E-state index in [0.717, 1.165) is 61.1 Å². The van der Waals surface area contributed by atoms with Gasteiger partial charge in [-0.1, -0.05) is 95.9 Å². The molecule has 0 unspecified atom stereocenters. The molecule has 0 saturated heterocycles. The monoisotopic (exact) mass is 768 g/mol. The summed E-state index contributed by atoms with van der Waals surface area (Å²) in [6.07, 6.45) is 3.55. The van der Waals surface area contributed by atoms with Gasteiger partial charge in [-0.3, -0.25) is 0 Å². The van der Waals surface area contributed by atoms with E-state index in [-0.39, 0.29) is 20.1 Å². The number of hydrogen-bond donors (Lipinski definition) is 0. The third-order valence-electron chi connectivity index (χ3n) is 7.57. The molecular formula is C41H25IrN3O-2. The molecule has 3 heterocycles. The number of aromatic nitrogens is 2. The number of hydrogen-bond acceptors (Lipinski definition) is 4. The maximum absolute atomic E-state index is 9.87. The van der Waals surface area contributed by atoms with Crippen LogP contribution in [0.1, 0.15) is 5.56 Å². The first kappa shape index (κ1) is 30.4. The van der Waals surface area contributed by atoms with Crippen molar-refractivity contribution in [1.29, 1.82) is 5.26 Å². The number of furan rings is 1. The first-order valence-corrected chi connectivity index (χ1v) is 14.6. The maximum atomic E-state index is 9.87. The van der Waals surface area contributed by atoms with Gasteiger partial charge in [0.15, 0.2) is 0 Å². The Labute approximate surface area is 281 Å². The molecule has 3 aromatic heterocycles. The third kappa shape index (κ3) is 6.14. The van der Waals surface area contributed by atoms with Crippen LogP contribution >= 0.6 is 0 Å². The van der Waals surface area contributed by atoms with E-state index in [9.17, 15) is 5.26 Å². The number of rotatable bonds is 4. The predicted molar refractivity (Wildman–Crippen MR) is 180 cm³/mol. The molecule has 0 amide bonds. The van der Waals surface area contributed by atoms with Crippen LogP contribution in [0.3, 0.4) is 0 Å². The van der Waals surface area contributed by atoms with Crippen molar-refractivity contribution >= 4 is 21.9 Å². The van der Waals surface area contributed by atoms with Crippen molar-refractivity contribution in [2.24, 2.45) is 0 Å². The predicted octanol–water partition coefficient (Wildman–Crippen LogP) is 10.2. The summed E-state index contributed by atoms with van der Waals surface area (Å²) >= 11 is 0. The molecule has 0 atom stereocenters. The number of nitriles is 1. The first-order chi connectivity index (χ1) is 22.3. The Balaban J connectivity index is 0.000000241. The van der Waals surface area contributed by atoms with Crippen molar-refractivity contribution in [2.45, 2.75) is 0 Å². The van der Waals surface area contributed by atoms with Crippen LogP contribution in [0.15, 0.2) is 156 Å². The quantitative estimate of drug-likeness (QED) is 0.167. The van der Waals surface area contributed by atoms with Crippen molar-refractivity contribution < 1.29 is 24.5 Å². The van der Waals surface area contributed by atoms with Gasteiger partial charge in [-0.15, -0.1) is 54.1 Å². The van der Waals surface area contributed by atoms with Crippen LogP contribution in [0.2, 0.25) is 0 Å². The van der Waals surface area contributed by atoms with E-state index in [1.807, 2.05) is 103 Å². The summed E-state index contributed by atoms with van der Waals surface area (Å²) in [4.78, 5) is 8.70. The van der Waals surface area contributed by atoms with Crippen molar-refractivity contribution in [3.63, 3.8) is 0 Å². The summed E-state index contributed by atoms with van der Waals surface area (Å²) in [6, 6.07) is 54.5. The molecule has 4 nitrogen and oxygen atoms in total. The molecule has 0 bridgehead atoms. The molecule has 0 saturated carbocycles. The van der Waals surface area contributed by atoms with Crippen LogP contribution in [-0.4, -0.2) is 9.97 Å². The summed E-state index contributed by atoms with van der Waals surface area (Å²) in [6.45, 7) is 0. The summed E-state index contributed by atoms with van der Waals surface area (Å²) < 4.78 is 6.46. The van der Waals surface area contributed by atoms with E-state index >= 15 is 0 Å². The smallest absolute Gasteiger partial charge is 0.130 e. The zero-order valence-corrected chi connectivity index (χ0v) is 26.9. The van der Waals surface area contributed by atoms with Gasteiger partial charge in [0, 0.05) is 43.4 Å². The largest absolute Gasteiger partial charge is 0.500 e. The van der Waals surface area contributed by atoms with Crippen molar-refractivity contribution in [3.05, 3.63) is 170 Å². The fourth-order valence-electron chi connectivity index (χ4n) is 5.42. The Hall–Kier alpha value is -5.66. The summed E-state index contributed by atoms with van der Waals surface area (Å²) in [5.74, 6) is 0. The molecule has 8 rings (SSSR count). The molecule has 0 spiro atoms. The first-order valence-electron chi connectivity index (χ1n) is 14.6. The molecule has 0 aliphatic rings. The SMILES string of the molecule is N#Cc1ccc2c(oc3c(-c4ccccn4)[c-]ccc32)c1-c1ccc(-c2ccccc2)cc1.[Ir].[c-]1ccccc1-c1ccccn1. The van der Waals surface area contributed by atoms with Gasteiger partial charge in [0.05, 0.1) is 17.2 Å². The fraction of sp³-hybridized carbons (Fsp3) is 0. The van der Waals surface area contributed by atoms with Gasteiger partial charge in [-0.05, 0) is 46.3 Å². The van der Waals surface area contributed by atoms with Gasteiger partial charge in [0.25, 0.3) is 0 Å². The van der Waals surface area contributed by atoms with Crippen LogP contribution in [0.4, 0.5) is 0 Å². The van der Waals surface area contributed by atoms with Gasteiger partial charge in [-0.2, -0.15) is 5.26 Å². The number of pyridine rings is 2. The molecule has 1 radical (unpaired) electrons. The Kier molecular flexibility index (Phi) is 9.22. The van der Waals surface area contributed by atoms with Crippen molar-refractivity contribution in [3.8, 4) is 50.8 Å². The zero-order valence-electron chi connectivity index (χ0n) is 24.5. The molecule has 0 aliphatic carbocycles. The van der Waals surface area contributed by atoms with E-state index in [4.69, 9.17) is 4.42 Å².